The summed E-state index contributed by atoms with van der Waals surface area (Å²) in [6.45, 7) is 0.460. The molecule has 0 spiro atoms. The van der Waals surface area contributed by atoms with Crippen LogP contribution in [0.3, 0.4) is 0 Å². The molecule has 0 aliphatic carbocycles. The summed E-state index contributed by atoms with van der Waals surface area (Å²) in [4.78, 5) is 0. The van der Waals surface area contributed by atoms with Crippen LogP contribution in [0.1, 0.15) is 0 Å². The summed E-state index contributed by atoms with van der Waals surface area (Å²) in [6, 6.07) is 0. The number of thioether (sulfide) groups is 1. The zero-order chi connectivity index (χ0) is 9.61. The van der Waals surface area contributed by atoms with Gasteiger partial charge in [-0.25, -0.2) is 0 Å². The molecule has 0 unspecified atom stereocenters. The molecular formula is C6H9ClF3NS. The molecular weight excluding hydrogens is 211 g/mol. The van der Waals surface area contributed by atoms with Gasteiger partial charge < -0.3 is 5.73 Å². The van der Waals surface area contributed by atoms with Crippen molar-refractivity contribution in [2.24, 2.45) is 5.73 Å². The van der Waals surface area contributed by atoms with Gasteiger partial charge in [0, 0.05) is 18.1 Å². The third kappa shape index (κ3) is 5.74. The highest BCUT2D eigenvalue weighted by atomic mass is 35.5. The predicted octanol–water partition coefficient (Wildman–Crippen LogP) is 2.36. The van der Waals surface area contributed by atoms with E-state index in [1.807, 2.05) is 0 Å². The van der Waals surface area contributed by atoms with Gasteiger partial charge in [0.05, 0.1) is 0 Å². The van der Waals surface area contributed by atoms with E-state index < -0.39 is 11.2 Å². The Morgan fingerprint density at radius 1 is 1.50 bits per heavy atom. The van der Waals surface area contributed by atoms with Crippen LogP contribution < -0.4 is 5.73 Å². The number of rotatable bonds is 4. The SMILES string of the molecule is NCCSC/C=C(/Cl)C(F)(F)F. The summed E-state index contributed by atoms with van der Waals surface area (Å²) in [6.07, 6.45) is -3.47. The first-order valence-electron chi connectivity index (χ1n) is 3.19. The Hall–Kier alpha value is 0.130. The van der Waals surface area contributed by atoms with E-state index in [9.17, 15) is 13.2 Å². The van der Waals surface area contributed by atoms with Gasteiger partial charge >= 0.3 is 6.18 Å². The van der Waals surface area contributed by atoms with Gasteiger partial charge in [0.2, 0.25) is 0 Å². The molecule has 0 aromatic carbocycles. The fraction of sp³-hybridized carbons (Fsp3) is 0.667. The molecule has 0 amide bonds. The second kappa shape index (κ2) is 5.72. The predicted molar refractivity (Wildman–Crippen MR) is 46.4 cm³/mol. The van der Waals surface area contributed by atoms with E-state index in [4.69, 9.17) is 17.3 Å². The van der Waals surface area contributed by atoms with Gasteiger partial charge in [-0.05, 0) is 0 Å². The molecule has 0 fully saturated rings. The maximum absolute atomic E-state index is 11.7. The molecule has 12 heavy (non-hydrogen) atoms. The third-order valence-electron chi connectivity index (χ3n) is 0.913. The van der Waals surface area contributed by atoms with Crippen molar-refractivity contribution in [1.82, 2.24) is 0 Å². The molecule has 0 radical (unpaired) electrons. The number of hydrogen-bond acceptors (Lipinski definition) is 2. The smallest absolute Gasteiger partial charge is 0.330 e. The molecule has 0 atom stereocenters. The highest BCUT2D eigenvalue weighted by molar-refractivity contribution is 7.99. The maximum Gasteiger partial charge on any atom is 0.426 e. The van der Waals surface area contributed by atoms with Crippen LogP contribution in [0.15, 0.2) is 11.1 Å². The number of hydrogen-bond donors (Lipinski definition) is 1. The van der Waals surface area contributed by atoms with Crippen LogP contribution in [0.2, 0.25) is 0 Å². The molecule has 0 aliphatic heterocycles. The minimum atomic E-state index is -4.41. The third-order valence-corrected chi connectivity index (χ3v) is 2.21. The summed E-state index contributed by atoms with van der Waals surface area (Å²) in [7, 11) is 0. The molecule has 0 saturated heterocycles. The summed E-state index contributed by atoms with van der Waals surface area (Å²) >= 11 is 6.24. The average molecular weight is 220 g/mol. The van der Waals surface area contributed by atoms with Gasteiger partial charge in [0.1, 0.15) is 5.03 Å². The Labute approximate surface area is 78.1 Å². The van der Waals surface area contributed by atoms with Gasteiger partial charge in [0.25, 0.3) is 0 Å². The molecule has 2 N–H and O–H groups in total. The maximum atomic E-state index is 11.7. The van der Waals surface area contributed by atoms with Crippen molar-refractivity contribution in [2.75, 3.05) is 18.1 Å². The second-order valence-electron chi connectivity index (χ2n) is 1.91. The largest absolute Gasteiger partial charge is 0.426 e. The molecule has 6 heteroatoms. The van der Waals surface area contributed by atoms with Crippen LogP contribution in [0.5, 0.6) is 0 Å². The van der Waals surface area contributed by atoms with Crippen LogP contribution in [0.4, 0.5) is 13.2 Å². The highest BCUT2D eigenvalue weighted by Gasteiger charge is 2.31. The van der Waals surface area contributed by atoms with Gasteiger partial charge in [-0.2, -0.15) is 24.9 Å². The Kier molecular flexibility index (Phi) is 5.78. The number of halogens is 4. The second-order valence-corrected chi connectivity index (χ2v) is 3.47. The molecule has 0 aliphatic rings. The molecule has 0 aromatic rings. The van der Waals surface area contributed by atoms with Crippen molar-refractivity contribution in [3.8, 4) is 0 Å². The Balaban J connectivity index is 3.70. The van der Waals surface area contributed by atoms with Gasteiger partial charge in [-0.15, -0.1) is 0 Å². The van der Waals surface area contributed by atoms with Crippen LogP contribution in [0.25, 0.3) is 0 Å². The van der Waals surface area contributed by atoms with E-state index in [2.05, 4.69) is 0 Å². The van der Waals surface area contributed by atoms with Crippen molar-refractivity contribution in [1.29, 1.82) is 0 Å². The summed E-state index contributed by atoms with van der Waals surface area (Å²) in [5.41, 5.74) is 5.13. The highest BCUT2D eigenvalue weighted by Crippen LogP contribution is 2.28. The van der Waals surface area contributed by atoms with E-state index in [-0.39, 0.29) is 5.75 Å². The molecule has 0 heterocycles. The normalized spacial score (nSPS) is 13.6. The monoisotopic (exact) mass is 219 g/mol. The van der Waals surface area contributed by atoms with Crippen molar-refractivity contribution < 1.29 is 13.2 Å². The van der Waals surface area contributed by atoms with Crippen molar-refractivity contribution in [2.45, 2.75) is 6.18 Å². The van der Waals surface area contributed by atoms with Gasteiger partial charge in [0.15, 0.2) is 0 Å². The fourth-order valence-corrected chi connectivity index (χ4v) is 1.20. The van der Waals surface area contributed by atoms with Crippen molar-refractivity contribution in [3.63, 3.8) is 0 Å². The van der Waals surface area contributed by atoms with Crippen molar-refractivity contribution >= 4 is 23.4 Å². The molecule has 0 aromatic heterocycles. The summed E-state index contributed by atoms with van der Waals surface area (Å²) in [5.74, 6) is 0.883. The number of nitrogens with two attached hydrogens (primary N) is 1. The standard InChI is InChI=1S/C6H9ClF3NS/c7-5(6(8,9)10)1-3-12-4-2-11/h1H,2-4,11H2/b5-1+. The van der Waals surface area contributed by atoms with Gasteiger partial charge in [-0.3, -0.25) is 0 Å². The van der Waals surface area contributed by atoms with Crippen LogP contribution in [0, 0.1) is 0 Å². The minimum Gasteiger partial charge on any atom is -0.330 e. The van der Waals surface area contributed by atoms with Crippen molar-refractivity contribution in [3.05, 3.63) is 11.1 Å². The lowest BCUT2D eigenvalue weighted by Crippen LogP contribution is -2.07. The van der Waals surface area contributed by atoms with E-state index in [1.54, 1.807) is 0 Å². The Morgan fingerprint density at radius 3 is 2.50 bits per heavy atom. The Bertz CT molecular complexity index is 157. The summed E-state index contributed by atoms with van der Waals surface area (Å²) < 4.78 is 35.2. The first-order chi connectivity index (χ1) is 5.48. The lowest BCUT2D eigenvalue weighted by atomic mass is 10.5. The zero-order valence-electron chi connectivity index (χ0n) is 6.20. The van der Waals surface area contributed by atoms with Crippen LogP contribution in [-0.2, 0) is 0 Å². The molecule has 72 valence electrons. The van der Waals surface area contributed by atoms with Crippen LogP contribution >= 0.6 is 23.4 Å². The molecule has 0 saturated carbocycles. The zero-order valence-corrected chi connectivity index (χ0v) is 7.77. The van der Waals surface area contributed by atoms with E-state index >= 15 is 0 Å². The molecule has 0 rings (SSSR count). The molecule has 1 nitrogen and oxygen atoms in total. The Morgan fingerprint density at radius 2 is 2.08 bits per heavy atom. The lowest BCUT2D eigenvalue weighted by Gasteiger charge is -2.03. The lowest BCUT2D eigenvalue weighted by molar-refractivity contribution is -0.0846. The first kappa shape index (κ1) is 12.1. The first-order valence-corrected chi connectivity index (χ1v) is 4.72. The number of allylic oxidation sites excluding steroid dienone is 1. The van der Waals surface area contributed by atoms with E-state index in [0.717, 1.165) is 6.08 Å². The van der Waals surface area contributed by atoms with Gasteiger partial charge in [-0.1, -0.05) is 17.7 Å². The quantitative estimate of drug-likeness (QED) is 0.735. The minimum absolute atomic E-state index is 0.246. The summed E-state index contributed by atoms with van der Waals surface area (Å²) in [5, 5.41) is -1.06. The number of alkyl halides is 3. The van der Waals surface area contributed by atoms with E-state index in [1.165, 1.54) is 11.8 Å². The molecule has 0 bridgehead atoms. The van der Waals surface area contributed by atoms with E-state index in [0.29, 0.717) is 12.3 Å². The average Bonchev–Trinajstić information content (AvgIpc) is 1.96. The van der Waals surface area contributed by atoms with Crippen LogP contribution in [-0.4, -0.2) is 24.2 Å². The fourth-order valence-electron chi connectivity index (χ4n) is 0.414. The topological polar surface area (TPSA) is 26.0 Å².